The molecule has 2 fully saturated rings. The van der Waals surface area contributed by atoms with E-state index in [1.165, 1.54) is 0 Å². The second-order valence-electron chi connectivity index (χ2n) is 3.85. The van der Waals surface area contributed by atoms with Crippen LogP contribution in [0.15, 0.2) is 0 Å². The summed E-state index contributed by atoms with van der Waals surface area (Å²) in [6.45, 7) is -0.592. The third kappa shape index (κ3) is 1.74. The van der Waals surface area contributed by atoms with E-state index in [0.29, 0.717) is 0 Å². The molecule has 2 rings (SSSR count). The Balaban J connectivity index is 2.32. The van der Waals surface area contributed by atoms with E-state index in [4.69, 9.17) is 5.11 Å². The molecule has 6 atom stereocenters. The molecular weight excluding hydrogens is 244 g/mol. The monoisotopic (exact) mass is 256 g/mol. The second-order valence-corrected chi connectivity index (χ2v) is 5.05. The van der Waals surface area contributed by atoms with Gasteiger partial charge in [-0.05, 0) is 0 Å². The van der Waals surface area contributed by atoms with Crippen LogP contribution in [-0.4, -0.2) is 66.0 Å². The molecule has 0 spiro atoms. The molecule has 1 aliphatic heterocycles. The number of hydrogen-bond acceptors (Lipinski definition) is 8. The summed E-state index contributed by atoms with van der Waals surface area (Å²) < 4.78 is 31.0. The van der Waals surface area contributed by atoms with Gasteiger partial charge in [-0.2, -0.15) is 8.42 Å². The predicted molar refractivity (Wildman–Crippen MR) is 47.3 cm³/mol. The summed E-state index contributed by atoms with van der Waals surface area (Å²) in [4.78, 5) is 0. The average molecular weight is 256 g/mol. The van der Waals surface area contributed by atoms with E-state index in [0.717, 1.165) is 0 Å². The van der Waals surface area contributed by atoms with Gasteiger partial charge >= 0.3 is 10.4 Å². The summed E-state index contributed by atoms with van der Waals surface area (Å²) in [5.41, 5.74) is 0. The Hall–Kier alpha value is -0.290. The Kier molecular flexibility index (Phi) is 2.95. The first-order valence-electron chi connectivity index (χ1n) is 4.64. The van der Waals surface area contributed by atoms with E-state index in [2.05, 4.69) is 8.37 Å². The molecule has 1 aliphatic carbocycles. The second kappa shape index (κ2) is 3.88. The minimum absolute atomic E-state index is 0.592. The van der Waals surface area contributed by atoms with Crippen molar-refractivity contribution in [3.8, 4) is 0 Å². The first-order valence-corrected chi connectivity index (χ1v) is 5.97. The Morgan fingerprint density at radius 1 is 0.938 bits per heavy atom. The SMILES string of the molecule is O=S1(=O)O[C@@H]2[C@H](CO)[C@H](O)[C@H](O)[C@@H](O)[C@@H]2O1. The van der Waals surface area contributed by atoms with E-state index in [9.17, 15) is 23.7 Å². The van der Waals surface area contributed by atoms with Gasteiger partial charge in [0.2, 0.25) is 0 Å². The van der Waals surface area contributed by atoms with Crippen molar-refractivity contribution < 1.29 is 37.2 Å². The van der Waals surface area contributed by atoms with Gasteiger partial charge in [0, 0.05) is 5.92 Å². The smallest absolute Gasteiger partial charge is 0.396 e. The predicted octanol–water partition coefficient (Wildman–Crippen LogP) is -3.28. The van der Waals surface area contributed by atoms with E-state index >= 15 is 0 Å². The van der Waals surface area contributed by atoms with E-state index in [1.807, 2.05) is 0 Å². The number of aliphatic hydroxyl groups is 4. The maximum Gasteiger partial charge on any atom is 0.400 e. The minimum Gasteiger partial charge on any atom is -0.396 e. The van der Waals surface area contributed by atoms with Gasteiger partial charge in [0.05, 0.1) is 12.7 Å². The quantitative estimate of drug-likeness (QED) is 0.384. The number of hydrogen-bond donors (Lipinski definition) is 4. The summed E-state index contributed by atoms with van der Waals surface area (Å²) >= 11 is 0. The van der Waals surface area contributed by atoms with Crippen molar-refractivity contribution in [1.82, 2.24) is 0 Å². The van der Waals surface area contributed by atoms with Crippen LogP contribution in [0.25, 0.3) is 0 Å². The molecule has 1 saturated carbocycles. The van der Waals surface area contributed by atoms with Crippen molar-refractivity contribution >= 4 is 10.4 Å². The molecule has 8 nitrogen and oxygen atoms in total. The zero-order valence-corrected chi connectivity index (χ0v) is 8.82. The van der Waals surface area contributed by atoms with Crippen LogP contribution in [0.4, 0.5) is 0 Å². The van der Waals surface area contributed by atoms with E-state index in [-0.39, 0.29) is 0 Å². The summed E-state index contributed by atoms with van der Waals surface area (Å²) in [6.07, 6.45) is -7.14. The molecule has 0 amide bonds. The molecule has 94 valence electrons. The lowest BCUT2D eigenvalue weighted by Crippen LogP contribution is -2.60. The van der Waals surface area contributed by atoms with Crippen molar-refractivity contribution in [2.75, 3.05) is 6.61 Å². The van der Waals surface area contributed by atoms with Gasteiger partial charge in [0.1, 0.15) is 24.4 Å². The molecule has 1 heterocycles. The molecular formula is C7H12O8S. The molecule has 0 bridgehead atoms. The lowest BCUT2D eigenvalue weighted by Gasteiger charge is -2.39. The highest BCUT2D eigenvalue weighted by Crippen LogP contribution is 2.36. The third-order valence-electron chi connectivity index (χ3n) is 2.89. The van der Waals surface area contributed by atoms with Gasteiger partial charge in [-0.15, -0.1) is 0 Å². The summed E-state index contributed by atoms with van der Waals surface area (Å²) in [6, 6.07) is 0. The Morgan fingerprint density at radius 3 is 2.06 bits per heavy atom. The van der Waals surface area contributed by atoms with Crippen LogP contribution in [0.1, 0.15) is 0 Å². The van der Waals surface area contributed by atoms with Crippen molar-refractivity contribution in [2.24, 2.45) is 5.92 Å². The maximum atomic E-state index is 11.0. The summed E-state index contributed by atoms with van der Waals surface area (Å²) in [5.74, 6) is -1.03. The number of rotatable bonds is 1. The molecule has 9 heteroatoms. The number of aliphatic hydroxyl groups excluding tert-OH is 4. The van der Waals surface area contributed by atoms with Crippen molar-refractivity contribution in [3.05, 3.63) is 0 Å². The standard InChI is InChI=1S/C7H12O8S/c8-1-2-3(9)4(10)5(11)7-6(2)14-16(12,13)15-7/h2-11H,1H2/t2-,3+,4+,5-,6-,7+/m1/s1. The molecule has 4 N–H and O–H groups in total. The third-order valence-corrected chi connectivity index (χ3v) is 3.81. The van der Waals surface area contributed by atoms with Gasteiger partial charge in [-0.3, -0.25) is 0 Å². The van der Waals surface area contributed by atoms with Crippen LogP contribution in [0.3, 0.4) is 0 Å². The zero-order valence-electron chi connectivity index (χ0n) is 8.00. The Labute approximate surface area is 91.4 Å². The van der Waals surface area contributed by atoms with Gasteiger partial charge in [0.25, 0.3) is 0 Å². The van der Waals surface area contributed by atoms with Crippen LogP contribution in [0.2, 0.25) is 0 Å². The van der Waals surface area contributed by atoms with Crippen LogP contribution in [-0.2, 0) is 18.8 Å². The van der Waals surface area contributed by atoms with Crippen LogP contribution in [0, 0.1) is 5.92 Å². The fourth-order valence-electron chi connectivity index (χ4n) is 2.03. The Bertz CT molecular complexity index is 367. The van der Waals surface area contributed by atoms with Gasteiger partial charge in [0.15, 0.2) is 0 Å². The highest BCUT2D eigenvalue weighted by molar-refractivity contribution is 7.82. The topological polar surface area (TPSA) is 134 Å². The zero-order chi connectivity index (χ0) is 12.1. The molecule has 0 aromatic carbocycles. The summed E-state index contributed by atoms with van der Waals surface area (Å²) in [5, 5.41) is 37.5. The van der Waals surface area contributed by atoms with Gasteiger partial charge < -0.3 is 20.4 Å². The fraction of sp³-hybridized carbons (Fsp3) is 1.00. The first kappa shape index (κ1) is 12.2. The van der Waals surface area contributed by atoms with Crippen LogP contribution < -0.4 is 0 Å². The Morgan fingerprint density at radius 2 is 1.50 bits per heavy atom. The van der Waals surface area contributed by atoms with Crippen molar-refractivity contribution in [2.45, 2.75) is 30.5 Å². The molecule has 16 heavy (non-hydrogen) atoms. The molecule has 0 aromatic rings. The molecule has 1 saturated heterocycles. The lowest BCUT2D eigenvalue weighted by molar-refractivity contribution is -0.176. The fourth-order valence-corrected chi connectivity index (χ4v) is 3.09. The highest BCUT2D eigenvalue weighted by Gasteiger charge is 2.57. The van der Waals surface area contributed by atoms with Gasteiger partial charge in [-0.1, -0.05) is 0 Å². The van der Waals surface area contributed by atoms with Crippen LogP contribution in [0.5, 0.6) is 0 Å². The normalized spacial score (nSPS) is 51.2. The largest absolute Gasteiger partial charge is 0.400 e. The van der Waals surface area contributed by atoms with Crippen LogP contribution >= 0.6 is 0 Å². The average Bonchev–Trinajstić information content (AvgIpc) is 2.52. The lowest BCUT2D eigenvalue weighted by atomic mass is 9.79. The van der Waals surface area contributed by atoms with Crippen molar-refractivity contribution in [3.63, 3.8) is 0 Å². The highest BCUT2D eigenvalue weighted by atomic mass is 32.3. The van der Waals surface area contributed by atoms with Crippen molar-refractivity contribution in [1.29, 1.82) is 0 Å². The van der Waals surface area contributed by atoms with E-state index in [1.54, 1.807) is 0 Å². The molecule has 0 radical (unpaired) electrons. The van der Waals surface area contributed by atoms with E-state index < -0.39 is 53.4 Å². The number of fused-ring (bicyclic) bond motifs is 1. The molecule has 0 unspecified atom stereocenters. The summed E-state index contributed by atoms with van der Waals surface area (Å²) in [7, 11) is -4.24. The minimum atomic E-state index is -4.24. The first-order chi connectivity index (χ1) is 7.37. The van der Waals surface area contributed by atoms with Gasteiger partial charge in [-0.25, -0.2) is 8.37 Å². The maximum absolute atomic E-state index is 11.0. The molecule has 0 aromatic heterocycles. The molecule has 2 aliphatic rings.